The van der Waals surface area contributed by atoms with Gasteiger partial charge in [0.15, 0.2) is 5.69 Å². The Labute approximate surface area is 134 Å². The molecule has 0 saturated heterocycles. The van der Waals surface area contributed by atoms with E-state index in [4.69, 9.17) is 4.63 Å². The maximum absolute atomic E-state index is 12.3. The molecular formula is C18H17N3O2. The van der Waals surface area contributed by atoms with Crippen LogP contribution in [0, 0.1) is 20.8 Å². The molecule has 0 aliphatic heterocycles. The summed E-state index contributed by atoms with van der Waals surface area (Å²) < 4.78 is 4.82. The van der Waals surface area contributed by atoms with Crippen molar-refractivity contribution >= 4 is 11.7 Å². The van der Waals surface area contributed by atoms with E-state index in [1.165, 1.54) is 5.56 Å². The molecule has 3 rings (SSSR count). The van der Waals surface area contributed by atoms with Gasteiger partial charge in [0.1, 0.15) is 0 Å². The Kier molecular flexibility index (Phi) is 3.93. The number of nitrogens with one attached hydrogen (secondary N) is 1. The third kappa shape index (κ3) is 3.13. The average molecular weight is 307 g/mol. The largest absolute Gasteiger partial charge is 0.302 e. The monoisotopic (exact) mass is 307 g/mol. The molecule has 1 heterocycles. The van der Waals surface area contributed by atoms with E-state index in [-0.39, 0.29) is 5.91 Å². The predicted octanol–water partition coefficient (Wildman–Crippen LogP) is 3.91. The third-order valence-corrected chi connectivity index (χ3v) is 3.78. The molecule has 0 unspecified atom stereocenters. The molecule has 1 amide bonds. The summed E-state index contributed by atoms with van der Waals surface area (Å²) in [5.74, 6) is 0.0780. The molecule has 0 fully saturated rings. The van der Waals surface area contributed by atoms with Crippen molar-refractivity contribution in [1.29, 1.82) is 0 Å². The minimum atomic E-state index is -0.241. The van der Waals surface area contributed by atoms with Crippen LogP contribution in [0.1, 0.15) is 27.0 Å². The van der Waals surface area contributed by atoms with Crippen LogP contribution in [-0.4, -0.2) is 16.2 Å². The number of hydrogen-bond acceptors (Lipinski definition) is 4. The van der Waals surface area contributed by atoms with Gasteiger partial charge in [-0.1, -0.05) is 29.8 Å². The topological polar surface area (TPSA) is 68.0 Å². The van der Waals surface area contributed by atoms with Crippen LogP contribution >= 0.6 is 0 Å². The highest BCUT2D eigenvalue weighted by molar-refractivity contribution is 6.05. The van der Waals surface area contributed by atoms with Crippen molar-refractivity contribution in [3.8, 4) is 11.3 Å². The van der Waals surface area contributed by atoms with Gasteiger partial charge in [-0.3, -0.25) is 4.79 Å². The van der Waals surface area contributed by atoms with Crippen LogP contribution in [-0.2, 0) is 0 Å². The van der Waals surface area contributed by atoms with Crippen LogP contribution in [0.2, 0.25) is 0 Å². The van der Waals surface area contributed by atoms with Crippen molar-refractivity contribution < 1.29 is 9.42 Å². The Balaban J connectivity index is 1.89. The molecule has 3 aromatic rings. The Bertz CT molecular complexity index is 868. The van der Waals surface area contributed by atoms with Crippen molar-refractivity contribution in [3.05, 3.63) is 64.7 Å². The fourth-order valence-corrected chi connectivity index (χ4v) is 2.31. The zero-order valence-electron chi connectivity index (χ0n) is 13.3. The molecule has 5 heteroatoms. The average Bonchev–Trinajstić information content (AvgIpc) is 2.98. The second kappa shape index (κ2) is 6.04. The van der Waals surface area contributed by atoms with Crippen LogP contribution in [0.4, 0.5) is 5.82 Å². The molecule has 23 heavy (non-hydrogen) atoms. The lowest BCUT2D eigenvalue weighted by Gasteiger charge is -2.05. The van der Waals surface area contributed by atoms with Crippen molar-refractivity contribution in [2.75, 3.05) is 5.32 Å². The lowest BCUT2D eigenvalue weighted by molar-refractivity contribution is 0.102. The summed E-state index contributed by atoms with van der Waals surface area (Å²) >= 11 is 0. The van der Waals surface area contributed by atoms with Crippen molar-refractivity contribution in [2.24, 2.45) is 0 Å². The van der Waals surface area contributed by atoms with Crippen molar-refractivity contribution in [2.45, 2.75) is 20.8 Å². The minimum absolute atomic E-state index is 0.241. The zero-order chi connectivity index (χ0) is 16.4. The zero-order valence-corrected chi connectivity index (χ0v) is 13.3. The summed E-state index contributed by atoms with van der Waals surface area (Å²) in [5, 5.41) is 10.5. The van der Waals surface area contributed by atoms with Crippen molar-refractivity contribution in [1.82, 2.24) is 10.3 Å². The Morgan fingerprint density at radius 3 is 2.57 bits per heavy atom. The lowest BCUT2D eigenvalue weighted by atomic mass is 10.0. The first-order valence-electron chi connectivity index (χ1n) is 7.33. The SMILES string of the molecule is Cc1cccc(C(=O)Nc2nonc2-c2ccc(C)c(C)c2)c1. The van der Waals surface area contributed by atoms with E-state index in [0.29, 0.717) is 17.1 Å². The predicted molar refractivity (Wildman–Crippen MR) is 88.3 cm³/mol. The Morgan fingerprint density at radius 2 is 1.83 bits per heavy atom. The van der Waals surface area contributed by atoms with Crippen LogP contribution in [0.5, 0.6) is 0 Å². The van der Waals surface area contributed by atoms with Gasteiger partial charge in [-0.05, 0) is 60.4 Å². The first-order chi connectivity index (χ1) is 11.0. The number of carbonyl (C=O) groups excluding carboxylic acids is 1. The van der Waals surface area contributed by atoms with E-state index in [9.17, 15) is 4.79 Å². The third-order valence-electron chi connectivity index (χ3n) is 3.78. The molecule has 0 radical (unpaired) electrons. The maximum atomic E-state index is 12.3. The van der Waals surface area contributed by atoms with Gasteiger partial charge in [0.25, 0.3) is 5.91 Å². The standard InChI is InChI=1S/C18H17N3O2/c1-11-5-4-6-15(9-11)18(22)19-17-16(20-23-21-17)14-8-7-12(2)13(3)10-14/h4-10H,1-3H3,(H,19,21,22). The first-order valence-corrected chi connectivity index (χ1v) is 7.33. The second-order valence-corrected chi connectivity index (χ2v) is 5.58. The maximum Gasteiger partial charge on any atom is 0.256 e. The lowest BCUT2D eigenvalue weighted by Crippen LogP contribution is -2.13. The number of amides is 1. The van der Waals surface area contributed by atoms with Crippen LogP contribution in [0.3, 0.4) is 0 Å². The van der Waals surface area contributed by atoms with Gasteiger partial charge >= 0.3 is 0 Å². The summed E-state index contributed by atoms with van der Waals surface area (Å²) in [6, 6.07) is 13.3. The first kappa shape index (κ1) is 15.0. The van der Waals surface area contributed by atoms with Crippen molar-refractivity contribution in [3.63, 3.8) is 0 Å². The van der Waals surface area contributed by atoms with Gasteiger partial charge in [-0.25, -0.2) is 4.63 Å². The highest BCUT2D eigenvalue weighted by Gasteiger charge is 2.16. The molecular weight excluding hydrogens is 290 g/mol. The number of anilines is 1. The fourth-order valence-electron chi connectivity index (χ4n) is 2.31. The molecule has 5 nitrogen and oxygen atoms in total. The molecule has 0 atom stereocenters. The minimum Gasteiger partial charge on any atom is -0.302 e. The molecule has 0 saturated carbocycles. The van der Waals surface area contributed by atoms with E-state index >= 15 is 0 Å². The quantitative estimate of drug-likeness (QED) is 0.796. The second-order valence-electron chi connectivity index (χ2n) is 5.58. The number of hydrogen-bond donors (Lipinski definition) is 1. The molecule has 2 aromatic carbocycles. The molecule has 0 bridgehead atoms. The number of aromatic nitrogens is 2. The summed E-state index contributed by atoms with van der Waals surface area (Å²) in [6.07, 6.45) is 0. The van der Waals surface area contributed by atoms with Gasteiger partial charge in [0, 0.05) is 11.1 Å². The highest BCUT2D eigenvalue weighted by atomic mass is 16.6. The fraction of sp³-hybridized carbons (Fsp3) is 0.167. The van der Waals surface area contributed by atoms with E-state index in [1.807, 2.05) is 57.2 Å². The smallest absolute Gasteiger partial charge is 0.256 e. The summed E-state index contributed by atoms with van der Waals surface area (Å²) in [5.41, 5.74) is 5.30. The van der Waals surface area contributed by atoms with Gasteiger partial charge in [0.2, 0.25) is 5.82 Å². The highest BCUT2D eigenvalue weighted by Crippen LogP contribution is 2.26. The van der Waals surface area contributed by atoms with Crippen LogP contribution < -0.4 is 5.32 Å². The number of rotatable bonds is 3. The van der Waals surface area contributed by atoms with Gasteiger partial charge < -0.3 is 5.32 Å². The molecule has 0 spiro atoms. The molecule has 1 N–H and O–H groups in total. The Morgan fingerprint density at radius 1 is 1.00 bits per heavy atom. The van der Waals surface area contributed by atoms with Gasteiger partial charge in [-0.15, -0.1) is 0 Å². The van der Waals surface area contributed by atoms with E-state index in [2.05, 4.69) is 15.6 Å². The number of carbonyl (C=O) groups is 1. The molecule has 116 valence electrons. The molecule has 0 aliphatic rings. The number of aryl methyl sites for hydroxylation is 3. The van der Waals surface area contributed by atoms with Gasteiger partial charge in [-0.2, -0.15) is 0 Å². The molecule has 0 aliphatic carbocycles. The molecule has 1 aromatic heterocycles. The van der Waals surface area contributed by atoms with Crippen LogP contribution in [0.25, 0.3) is 11.3 Å². The van der Waals surface area contributed by atoms with E-state index in [1.54, 1.807) is 6.07 Å². The van der Waals surface area contributed by atoms with Crippen LogP contribution in [0.15, 0.2) is 47.1 Å². The number of nitrogens with zero attached hydrogens (tertiary/aromatic N) is 2. The van der Waals surface area contributed by atoms with E-state index < -0.39 is 0 Å². The number of benzene rings is 2. The Hall–Kier alpha value is -2.95. The summed E-state index contributed by atoms with van der Waals surface area (Å²) in [4.78, 5) is 12.3. The summed E-state index contributed by atoms with van der Waals surface area (Å²) in [7, 11) is 0. The summed E-state index contributed by atoms with van der Waals surface area (Å²) in [6.45, 7) is 6.01. The van der Waals surface area contributed by atoms with Gasteiger partial charge in [0.05, 0.1) is 0 Å². The van der Waals surface area contributed by atoms with E-state index in [0.717, 1.165) is 16.7 Å². The normalized spacial score (nSPS) is 10.6.